The molecule has 2 heterocycles. The smallest absolute Gasteiger partial charge is 0.165 e. The normalized spacial score (nSPS) is 12.8. The highest BCUT2D eigenvalue weighted by Gasteiger charge is 2.39. The maximum absolute atomic E-state index is 11.4. The molecule has 0 bridgehead atoms. The zero-order chi connectivity index (χ0) is 40.7. The Kier molecular flexibility index (Phi) is 11.5. The summed E-state index contributed by atoms with van der Waals surface area (Å²) < 4.78 is 20.2. The molecule has 8 aromatic rings. The van der Waals surface area contributed by atoms with E-state index in [1.165, 1.54) is 0 Å². The summed E-state index contributed by atoms with van der Waals surface area (Å²) in [7, 11) is 3.33. The Balaban J connectivity index is 1.18. The molecule has 2 N–H and O–H groups in total. The molecule has 0 spiro atoms. The summed E-state index contributed by atoms with van der Waals surface area (Å²) in [5, 5.41) is 15.3. The standard InChI is InChI=1S/C50H47N5O4/c1-36(56)45(32-33-59-50(40-20-12-6-13-21-40,41-22-14-7-15-23-41)42-26-30-44(58-3)31-27-42)55-35-53-46-47(51-34-52-48(46)55)54-49(37-16-8-4-9-17-37,38-18-10-5-11-19-38)39-24-28-43(57-2)29-25-39/h4-31,34-36,45,56H,32-33H2,1-3H3,(H,51,52,54). The number of nitrogens with one attached hydrogen (secondary N) is 1. The molecule has 0 aliphatic heterocycles. The summed E-state index contributed by atoms with van der Waals surface area (Å²) in [6.45, 7) is 2.09. The van der Waals surface area contributed by atoms with Gasteiger partial charge < -0.3 is 29.2 Å². The fraction of sp³-hybridized carbons (Fsp3) is 0.180. The molecule has 0 aliphatic rings. The number of rotatable bonds is 16. The van der Waals surface area contributed by atoms with Crippen molar-refractivity contribution in [2.75, 3.05) is 26.1 Å². The molecule has 0 amide bonds. The second-order valence-electron chi connectivity index (χ2n) is 14.5. The minimum atomic E-state index is -0.950. The van der Waals surface area contributed by atoms with E-state index >= 15 is 0 Å². The van der Waals surface area contributed by atoms with Crippen LogP contribution in [0.2, 0.25) is 0 Å². The molecule has 2 aromatic heterocycles. The summed E-state index contributed by atoms with van der Waals surface area (Å²) in [5.41, 5.74) is 5.27. The van der Waals surface area contributed by atoms with E-state index in [9.17, 15) is 5.11 Å². The third-order valence-electron chi connectivity index (χ3n) is 11.1. The Hall–Kier alpha value is -6.81. The van der Waals surface area contributed by atoms with E-state index in [2.05, 4.69) is 78.1 Å². The van der Waals surface area contributed by atoms with Crippen molar-refractivity contribution in [2.24, 2.45) is 0 Å². The van der Waals surface area contributed by atoms with E-state index in [-0.39, 0.29) is 0 Å². The SMILES string of the molecule is COc1ccc(C(Nc2ncnc3c2ncn3C(CCOC(c2ccccc2)(c2ccccc2)c2ccc(OC)cc2)C(C)O)(c2ccccc2)c2ccccc2)cc1. The fourth-order valence-corrected chi connectivity index (χ4v) is 8.16. The van der Waals surface area contributed by atoms with Crippen molar-refractivity contribution in [3.63, 3.8) is 0 Å². The van der Waals surface area contributed by atoms with Gasteiger partial charge in [0.15, 0.2) is 11.5 Å². The number of aliphatic hydroxyl groups is 1. The van der Waals surface area contributed by atoms with Gasteiger partial charge >= 0.3 is 0 Å². The second kappa shape index (κ2) is 17.4. The highest BCUT2D eigenvalue weighted by molar-refractivity contribution is 5.84. The zero-order valence-corrected chi connectivity index (χ0v) is 33.4. The zero-order valence-electron chi connectivity index (χ0n) is 33.4. The highest BCUT2D eigenvalue weighted by Crippen LogP contribution is 2.43. The number of imidazole rings is 1. The number of aromatic nitrogens is 4. The lowest BCUT2D eigenvalue weighted by Gasteiger charge is -2.37. The van der Waals surface area contributed by atoms with E-state index in [4.69, 9.17) is 29.2 Å². The maximum Gasteiger partial charge on any atom is 0.165 e. The van der Waals surface area contributed by atoms with Gasteiger partial charge in [-0.1, -0.05) is 146 Å². The number of anilines is 1. The van der Waals surface area contributed by atoms with Crippen molar-refractivity contribution in [1.82, 2.24) is 19.5 Å². The Labute approximate surface area is 345 Å². The monoisotopic (exact) mass is 781 g/mol. The van der Waals surface area contributed by atoms with Crippen LogP contribution in [-0.4, -0.2) is 51.6 Å². The summed E-state index contributed by atoms with van der Waals surface area (Å²) in [5.74, 6) is 2.06. The van der Waals surface area contributed by atoms with E-state index in [0.29, 0.717) is 30.0 Å². The number of fused-ring (bicyclic) bond motifs is 1. The van der Waals surface area contributed by atoms with Gasteiger partial charge in [0.1, 0.15) is 34.5 Å². The van der Waals surface area contributed by atoms with Crippen LogP contribution in [0.5, 0.6) is 11.5 Å². The van der Waals surface area contributed by atoms with Gasteiger partial charge in [0, 0.05) is 0 Å². The first-order valence-electron chi connectivity index (χ1n) is 19.8. The first kappa shape index (κ1) is 39.0. The van der Waals surface area contributed by atoms with Crippen LogP contribution < -0.4 is 14.8 Å². The third-order valence-corrected chi connectivity index (χ3v) is 11.1. The van der Waals surface area contributed by atoms with E-state index in [0.717, 1.165) is 44.9 Å². The first-order valence-corrected chi connectivity index (χ1v) is 19.8. The molecular weight excluding hydrogens is 735 g/mol. The maximum atomic E-state index is 11.4. The number of ether oxygens (including phenoxy) is 3. The summed E-state index contributed by atoms with van der Waals surface area (Å²) >= 11 is 0. The molecule has 0 saturated carbocycles. The van der Waals surface area contributed by atoms with Crippen LogP contribution in [0.15, 0.2) is 183 Å². The number of aliphatic hydroxyl groups excluding tert-OH is 1. The number of nitrogens with zero attached hydrogens (tertiary/aromatic N) is 4. The van der Waals surface area contributed by atoms with Crippen LogP contribution in [0.25, 0.3) is 11.2 Å². The molecule has 6 aromatic carbocycles. The quantitative estimate of drug-likeness (QED) is 0.0935. The Bertz CT molecular complexity index is 2470. The van der Waals surface area contributed by atoms with Gasteiger partial charge in [0.25, 0.3) is 0 Å². The van der Waals surface area contributed by atoms with Crippen LogP contribution in [0.1, 0.15) is 52.8 Å². The minimum absolute atomic E-state index is 0.295. The van der Waals surface area contributed by atoms with Crippen molar-refractivity contribution < 1.29 is 19.3 Å². The van der Waals surface area contributed by atoms with Crippen LogP contribution >= 0.6 is 0 Å². The van der Waals surface area contributed by atoms with Gasteiger partial charge in [0.2, 0.25) is 0 Å². The van der Waals surface area contributed by atoms with Gasteiger partial charge in [-0.2, -0.15) is 0 Å². The van der Waals surface area contributed by atoms with Crippen LogP contribution in [0.3, 0.4) is 0 Å². The first-order chi connectivity index (χ1) is 29.0. The van der Waals surface area contributed by atoms with E-state index < -0.39 is 23.3 Å². The third kappa shape index (κ3) is 7.54. The summed E-state index contributed by atoms with van der Waals surface area (Å²) in [4.78, 5) is 14.5. The minimum Gasteiger partial charge on any atom is -0.497 e. The largest absolute Gasteiger partial charge is 0.497 e. The molecule has 0 saturated heterocycles. The summed E-state index contributed by atoms with van der Waals surface area (Å²) in [6, 6.07) is 56.8. The molecule has 9 heteroatoms. The predicted molar refractivity (Wildman–Crippen MR) is 232 cm³/mol. The van der Waals surface area contributed by atoms with Gasteiger partial charge in [-0.05, 0) is 71.0 Å². The van der Waals surface area contributed by atoms with Gasteiger partial charge in [-0.15, -0.1) is 0 Å². The Morgan fingerprint density at radius 2 is 1.02 bits per heavy atom. The lowest BCUT2D eigenvalue weighted by molar-refractivity contribution is -0.00250. The molecular formula is C50H47N5O4. The molecule has 59 heavy (non-hydrogen) atoms. The van der Waals surface area contributed by atoms with Gasteiger partial charge in [-0.25, -0.2) is 15.0 Å². The number of methoxy groups -OCH3 is 2. The predicted octanol–water partition coefficient (Wildman–Crippen LogP) is 9.57. The molecule has 0 radical (unpaired) electrons. The lowest BCUT2D eigenvalue weighted by atomic mass is 9.77. The van der Waals surface area contributed by atoms with Crippen LogP contribution in [0, 0.1) is 0 Å². The van der Waals surface area contributed by atoms with Crippen molar-refractivity contribution in [1.29, 1.82) is 0 Å². The van der Waals surface area contributed by atoms with Crippen LogP contribution in [0.4, 0.5) is 5.82 Å². The topological polar surface area (TPSA) is 104 Å². The Morgan fingerprint density at radius 1 is 0.576 bits per heavy atom. The van der Waals surface area contributed by atoms with Gasteiger partial charge in [0.05, 0.1) is 39.3 Å². The van der Waals surface area contributed by atoms with Crippen molar-refractivity contribution in [3.8, 4) is 11.5 Å². The average Bonchev–Trinajstić information content (AvgIpc) is 3.74. The molecule has 0 aliphatic carbocycles. The second-order valence-corrected chi connectivity index (χ2v) is 14.5. The summed E-state index contributed by atoms with van der Waals surface area (Å²) in [6.07, 6.45) is 2.98. The lowest BCUT2D eigenvalue weighted by Crippen LogP contribution is -2.38. The van der Waals surface area contributed by atoms with Crippen molar-refractivity contribution in [3.05, 3.63) is 216 Å². The fourth-order valence-electron chi connectivity index (χ4n) is 8.16. The molecule has 296 valence electrons. The molecule has 2 unspecified atom stereocenters. The molecule has 0 fully saturated rings. The van der Waals surface area contributed by atoms with Crippen molar-refractivity contribution >= 4 is 17.0 Å². The van der Waals surface area contributed by atoms with E-state index in [1.54, 1.807) is 33.8 Å². The van der Waals surface area contributed by atoms with Gasteiger partial charge in [-0.3, -0.25) is 0 Å². The molecule has 8 rings (SSSR count). The van der Waals surface area contributed by atoms with Crippen molar-refractivity contribution in [2.45, 2.75) is 36.6 Å². The Morgan fingerprint density at radius 3 is 1.49 bits per heavy atom. The average molecular weight is 782 g/mol. The number of hydrogen-bond donors (Lipinski definition) is 2. The van der Waals surface area contributed by atoms with E-state index in [1.807, 2.05) is 102 Å². The number of benzene rings is 6. The number of hydrogen-bond acceptors (Lipinski definition) is 8. The molecule has 2 atom stereocenters. The molecule has 9 nitrogen and oxygen atoms in total. The highest BCUT2D eigenvalue weighted by atomic mass is 16.5. The van der Waals surface area contributed by atoms with Crippen LogP contribution in [-0.2, 0) is 15.9 Å².